The van der Waals surface area contributed by atoms with Crippen LogP contribution in [0.2, 0.25) is 10.0 Å². The Morgan fingerprint density at radius 2 is 1.41 bits per heavy atom. The average molecular weight is 577 g/mol. The first-order valence-corrected chi connectivity index (χ1v) is 13.5. The zero-order valence-corrected chi connectivity index (χ0v) is 22.8. The summed E-state index contributed by atoms with van der Waals surface area (Å²) in [5, 5.41) is 8.90. The van der Waals surface area contributed by atoms with Crippen LogP contribution in [0.4, 0.5) is 11.4 Å². The number of amides is 3. The second kappa shape index (κ2) is 13.7. The van der Waals surface area contributed by atoms with Crippen LogP contribution in [0, 0.1) is 0 Å². The molecule has 0 aromatic heterocycles. The average Bonchev–Trinajstić information content (AvgIpc) is 2.95. The molecule has 0 aliphatic heterocycles. The van der Waals surface area contributed by atoms with E-state index in [1.54, 1.807) is 66.7 Å². The molecule has 0 saturated carbocycles. The molecule has 196 valence electrons. The summed E-state index contributed by atoms with van der Waals surface area (Å²) < 4.78 is 0. The summed E-state index contributed by atoms with van der Waals surface area (Å²) in [5.41, 5.74) is 2.05. The van der Waals surface area contributed by atoms with E-state index in [0.29, 0.717) is 21.8 Å². The zero-order chi connectivity index (χ0) is 27.6. The van der Waals surface area contributed by atoms with Crippen molar-refractivity contribution in [3.05, 3.63) is 130 Å². The van der Waals surface area contributed by atoms with Crippen LogP contribution in [-0.4, -0.2) is 23.5 Å². The predicted octanol–water partition coefficient (Wildman–Crippen LogP) is 7.13. The summed E-state index contributed by atoms with van der Waals surface area (Å²) in [5.74, 6) is -0.964. The molecule has 3 amide bonds. The van der Waals surface area contributed by atoms with E-state index in [1.165, 1.54) is 17.8 Å². The number of nitrogens with one attached hydrogen (secondary N) is 3. The van der Waals surface area contributed by atoms with Crippen molar-refractivity contribution in [1.29, 1.82) is 0 Å². The van der Waals surface area contributed by atoms with Gasteiger partial charge < -0.3 is 16.0 Å². The first-order valence-electron chi connectivity index (χ1n) is 11.8. The van der Waals surface area contributed by atoms with E-state index in [4.69, 9.17) is 23.2 Å². The van der Waals surface area contributed by atoms with Crippen molar-refractivity contribution in [2.45, 2.75) is 4.90 Å². The number of benzene rings is 4. The van der Waals surface area contributed by atoms with Crippen molar-refractivity contribution >= 4 is 70.1 Å². The van der Waals surface area contributed by atoms with E-state index in [2.05, 4.69) is 16.0 Å². The number of hydrogen-bond donors (Lipinski definition) is 3. The quantitative estimate of drug-likeness (QED) is 0.146. The topological polar surface area (TPSA) is 87.3 Å². The molecule has 39 heavy (non-hydrogen) atoms. The lowest BCUT2D eigenvalue weighted by molar-refractivity contribution is -0.114. The zero-order valence-electron chi connectivity index (χ0n) is 20.5. The molecule has 0 heterocycles. The third-order valence-electron chi connectivity index (χ3n) is 5.33. The molecule has 4 aromatic rings. The highest BCUT2D eigenvalue weighted by Gasteiger charge is 2.16. The smallest absolute Gasteiger partial charge is 0.272 e. The Morgan fingerprint density at radius 3 is 2.15 bits per heavy atom. The third-order valence-corrected chi connectivity index (χ3v) is 7.16. The van der Waals surface area contributed by atoms with Crippen LogP contribution in [0.3, 0.4) is 0 Å². The third kappa shape index (κ3) is 8.22. The van der Waals surface area contributed by atoms with E-state index in [-0.39, 0.29) is 22.4 Å². The summed E-state index contributed by atoms with van der Waals surface area (Å²) in [4.78, 5) is 39.3. The van der Waals surface area contributed by atoms with Crippen LogP contribution >= 0.6 is 35.0 Å². The van der Waals surface area contributed by atoms with Gasteiger partial charge in [0.2, 0.25) is 5.91 Å². The van der Waals surface area contributed by atoms with Gasteiger partial charge in [0, 0.05) is 21.8 Å². The molecular weight excluding hydrogens is 553 g/mol. The molecule has 4 aromatic carbocycles. The Morgan fingerprint density at radius 1 is 0.744 bits per heavy atom. The lowest BCUT2D eigenvalue weighted by atomic mass is 10.1. The van der Waals surface area contributed by atoms with Crippen LogP contribution in [0.15, 0.2) is 114 Å². The first kappa shape index (κ1) is 28.0. The maximum atomic E-state index is 13.3. The maximum Gasteiger partial charge on any atom is 0.272 e. The fourth-order valence-corrected chi connectivity index (χ4v) is 4.58. The first-order chi connectivity index (χ1) is 18.9. The van der Waals surface area contributed by atoms with Gasteiger partial charge in [-0.05, 0) is 60.2 Å². The largest absolute Gasteiger partial charge is 0.325 e. The standard InChI is InChI=1S/C30H23Cl2N3O3S/c31-25-16-7-11-21(28(25)32)17-26(35-29(37)20-9-3-1-4-10-20)30(38)34-23-14-8-15-24(18-23)39-19-27(36)33-22-12-5-2-6-13-22/h1-18H,19H2,(H,33,36)(H,34,38)(H,35,37)/b26-17+. The van der Waals surface area contributed by atoms with Gasteiger partial charge in [-0.2, -0.15) is 0 Å². The molecule has 9 heteroatoms. The number of carbonyl (C=O) groups is 3. The van der Waals surface area contributed by atoms with E-state index in [0.717, 1.165) is 10.6 Å². The van der Waals surface area contributed by atoms with Gasteiger partial charge >= 0.3 is 0 Å². The number of thioether (sulfide) groups is 1. The summed E-state index contributed by atoms with van der Waals surface area (Å²) in [6.45, 7) is 0. The molecule has 0 saturated heterocycles. The van der Waals surface area contributed by atoms with Crippen LogP contribution < -0.4 is 16.0 Å². The molecule has 0 aliphatic rings. The minimum absolute atomic E-state index is 0.0201. The van der Waals surface area contributed by atoms with E-state index in [1.807, 2.05) is 36.4 Å². The van der Waals surface area contributed by atoms with Crippen molar-refractivity contribution in [1.82, 2.24) is 5.32 Å². The van der Waals surface area contributed by atoms with Gasteiger partial charge in [0.15, 0.2) is 0 Å². The molecule has 0 aliphatic carbocycles. The molecule has 6 nitrogen and oxygen atoms in total. The minimum atomic E-state index is -0.556. The van der Waals surface area contributed by atoms with Gasteiger partial charge in [0.1, 0.15) is 5.70 Å². The Bertz CT molecular complexity index is 1510. The summed E-state index contributed by atoms with van der Waals surface area (Å²) in [7, 11) is 0. The lowest BCUT2D eigenvalue weighted by Gasteiger charge is -2.13. The van der Waals surface area contributed by atoms with E-state index in [9.17, 15) is 14.4 Å². The second-order valence-electron chi connectivity index (χ2n) is 8.21. The van der Waals surface area contributed by atoms with E-state index < -0.39 is 11.8 Å². The van der Waals surface area contributed by atoms with Gasteiger partial charge in [-0.3, -0.25) is 14.4 Å². The molecule has 0 fully saturated rings. The fourth-order valence-electron chi connectivity index (χ4n) is 3.46. The fraction of sp³-hybridized carbons (Fsp3) is 0.0333. The van der Waals surface area contributed by atoms with Crippen LogP contribution in [0.25, 0.3) is 6.08 Å². The molecule has 0 unspecified atom stereocenters. The summed E-state index contributed by atoms with van der Waals surface area (Å²) >= 11 is 13.8. The molecule has 0 atom stereocenters. The molecule has 0 radical (unpaired) electrons. The Balaban J connectivity index is 1.49. The van der Waals surface area contributed by atoms with Gasteiger partial charge in [-0.25, -0.2) is 0 Å². The van der Waals surface area contributed by atoms with Gasteiger partial charge in [-0.15, -0.1) is 11.8 Å². The highest BCUT2D eigenvalue weighted by atomic mass is 35.5. The number of rotatable bonds is 9. The van der Waals surface area contributed by atoms with Crippen molar-refractivity contribution < 1.29 is 14.4 Å². The highest BCUT2D eigenvalue weighted by Crippen LogP contribution is 2.27. The van der Waals surface area contributed by atoms with Crippen molar-refractivity contribution in [2.24, 2.45) is 0 Å². The summed E-state index contributed by atoms with van der Waals surface area (Å²) in [6, 6.07) is 29.9. The minimum Gasteiger partial charge on any atom is -0.325 e. The number of carbonyl (C=O) groups excluding carboxylic acids is 3. The summed E-state index contributed by atoms with van der Waals surface area (Å²) in [6.07, 6.45) is 1.47. The van der Waals surface area contributed by atoms with Crippen molar-refractivity contribution in [2.75, 3.05) is 16.4 Å². The molecule has 0 spiro atoms. The Kier molecular flexibility index (Phi) is 9.80. The van der Waals surface area contributed by atoms with Gasteiger partial charge in [-0.1, -0.05) is 77.8 Å². The molecule has 0 bridgehead atoms. The number of para-hydroxylation sites is 1. The molecular formula is C30H23Cl2N3O3S. The Labute approximate surface area is 240 Å². The number of anilines is 2. The van der Waals surface area contributed by atoms with Crippen molar-refractivity contribution in [3.63, 3.8) is 0 Å². The second-order valence-corrected chi connectivity index (χ2v) is 10.0. The van der Waals surface area contributed by atoms with E-state index >= 15 is 0 Å². The SMILES string of the molecule is O=C(CSc1cccc(NC(=O)/C(=C\c2cccc(Cl)c2Cl)NC(=O)c2ccccc2)c1)Nc1ccccc1. The van der Waals surface area contributed by atoms with Crippen molar-refractivity contribution in [3.8, 4) is 0 Å². The van der Waals surface area contributed by atoms with Crippen LogP contribution in [0.5, 0.6) is 0 Å². The normalized spacial score (nSPS) is 11.0. The Hall–Kier alpha value is -4.04. The molecule has 3 N–H and O–H groups in total. The monoisotopic (exact) mass is 575 g/mol. The number of hydrogen-bond acceptors (Lipinski definition) is 4. The van der Waals surface area contributed by atoms with Crippen LogP contribution in [0.1, 0.15) is 15.9 Å². The highest BCUT2D eigenvalue weighted by molar-refractivity contribution is 8.00. The predicted molar refractivity (Wildman–Crippen MR) is 159 cm³/mol. The maximum absolute atomic E-state index is 13.3. The molecule has 4 rings (SSSR count). The van der Waals surface area contributed by atoms with Crippen LogP contribution in [-0.2, 0) is 9.59 Å². The number of halogens is 2. The van der Waals surface area contributed by atoms with Gasteiger partial charge in [0.05, 0.1) is 15.8 Å². The lowest BCUT2D eigenvalue weighted by Crippen LogP contribution is -2.30. The van der Waals surface area contributed by atoms with Gasteiger partial charge in [0.25, 0.3) is 11.8 Å².